The van der Waals surface area contributed by atoms with Crippen LogP contribution in [0.3, 0.4) is 0 Å². The van der Waals surface area contributed by atoms with Gasteiger partial charge in [0.2, 0.25) is 0 Å². The summed E-state index contributed by atoms with van der Waals surface area (Å²) >= 11 is 0. The molecule has 1 fully saturated rings. The molecule has 0 radical (unpaired) electrons. The van der Waals surface area contributed by atoms with Crippen molar-refractivity contribution in [2.24, 2.45) is 5.92 Å². The third-order valence-corrected chi connectivity index (χ3v) is 3.62. The van der Waals surface area contributed by atoms with Crippen LogP contribution < -0.4 is 0 Å². The molecule has 2 heteroatoms. The summed E-state index contributed by atoms with van der Waals surface area (Å²) in [5.41, 5.74) is 3.37. The minimum atomic E-state index is -1.21. The van der Waals surface area contributed by atoms with Gasteiger partial charge in [-0.3, -0.25) is 0 Å². The highest BCUT2D eigenvalue weighted by Crippen LogP contribution is 2.26. The lowest BCUT2D eigenvalue weighted by atomic mass is 9.85. The van der Waals surface area contributed by atoms with Crippen molar-refractivity contribution in [3.05, 3.63) is 0 Å². The molecule has 0 aromatic rings. The van der Waals surface area contributed by atoms with Crippen LogP contribution in [0.2, 0.25) is 19.6 Å². The summed E-state index contributed by atoms with van der Waals surface area (Å²) in [7, 11) is -1.21. The number of rotatable bonds is 1. The molecule has 0 heterocycles. The summed E-state index contributed by atoms with van der Waals surface area (Å²) in [5.74, 6) is 3.73. The molecule has 1 aliphatic carbocycles. The van der Waals surface area contributed by atoms with E-state index >= 15 is 0 Å². The largest absolute Gasteiger partial charge is 0.393 e. The van der Waals surface area contributed by atoms with Crippen molar-refractivity contribution in [3.8, 4) is 11.5 Å². The van der Waals surface area contributed by atoms with Gasteiger partial charge in [0.25, 0.3) is 0 Å². The fourth-order valence-electron chi connectivity index (χ4n) is 1.87. The van der Waals surface area contributed by atoms with Crippen LogP contribution in [0.5, 0.6) is 0 Å². The molecular formula is C12H22OSi. The standard InChI is InChI=1S/C12H22OSi/c1-14(2,3)10-6-8-11-7-4-5-9-12(11)13/h11-13H,4-5,7-9H2,1-3H3/t11-,12+/m0/s1. The first-order chi connectivity index (χ1) is 6.49. The molecule has 80 valence electrons. The summed E-state index contributed by atoms with van der Waals surface area (Å²) in [6.07, 6.45) is 5.45. The quantitative estimate of drug-likeness (QED) is 0.521. The van der Waals surface area contributed by atoms with Crippen LogP contribution in [0.1, 0.15) is 32.1 Å². The van der Waals surface area contributed by atoms with Crippen LogP contribution in [-0.2, 0) is 0 Å². The van der Waals surface area contributed by atoms with Crippen LogP contribution >= 0.6 is 0 Å². The predicted molar refractivity (Wildman–Crippen MR) is 63.7 cm³/mol. The second kappa shape index (κ2) is 5.00. The third kappa shape index (κ3) is 4.30. The Morgan fingerprint density at radius 2 is 1.86 bits per heavy atom. The van der Waals surface area contributed by atoms with E-state index in [0.29, 0.717) is 5.92 Å². The fraction of sp³-hybridized carbons (Fsp3) is 0.833. The number of aliphatic hydroxyl groups is 1. The summed E-state index contributed by atoms with van der Waals surface area (Å²) in [6, 6.07) is 0. The first-order valence-electron chi connectivity index (χ1n) is 5.67. The van der Waals surface area contributed by atoms with Crippen LogP contribution in [0.15, 0.2) is 0 Å². The molecule has 1 N–H and O–H groups in total. The maximum Gasteiger partial charge on any atom is 0.129 e. The van der Waals surface area contributed by atoms with Gasteiger partial charge in [0.1, 0.15) is 8.07 Å². The van der Waals surface area contributed by atoms with E-state index in [4.69, 9.17) is 0 Å². The Labute approximate surface area is 88.9 Å². The van der Waals surface area contributed by atoms with E-state index in [9.17, 15) is 5.11 Å². The van der Waals surface area contributed by atoms with E-state index < -0.39 is 8.07 Å². The fourth-order valence-corrected chi connectivity index (χ4v) is 2.51. The van der Waals surface area contributed by atoms with E-state index in [1.807, 2.05) is 0 Å². The lowest BCUT2D eigenvalue weighted by molar-refractivity contribution is 0.0725. The number of aliphatic hydroxyl groups excluding tert-OH is 1. The minimum absolute atomic E-state index is 0.0836. The predicted octanol–water partition coefficient (Wildman–Crippen LogP) is 2.81. The summed E-state index contributed by atoms with van der Waals surface area (Å²) in [6.45, 7) is 6.78. The monoisotopic (exact) mass is 210 g/mol. The van der Waals surface area contributed by atoms with E-state index in [1.165, 1.54) is 19.3 Å². The molecule has 0 bridgehead atoms. The minimum Gasteiger partial charge on any atom is -0.393 e. The van der Waals surface area contributed by atoms with E-state index in [0.717, 1.165) is 12.8 Å². The summed E-state index contributed by atoms with van der Waals surface area (Å²) < 4.78 is 0. The SMILES string of the molecule is C[Si](C)(C)C#CC[C@@H]1CCCC[C@H]1O. The third-order valence-electron chi connectivity index (χ3n) is 2.70. The van der Waals surface area contributed by atoms with Crippen LogP contribution in [-0.4, -0.2) is 19.3 Å². The first-order valence-corrected chi connectivity index (χ1v) is 9.17. The Bertz CT molecular complexity index is 231. The van der Waals surface area contributed by atoms with Crippen molar-refractivity contribution < 1.29 is 5.11 Å². The van der Waals surface area contributed by atoms with Gasteiger partial charge in [-0.1, -0.05) is 32.5 Å². The van der Waals surface area contributed by atoms with Gasteiger partial charge >= 0.3 is 0 Å². The molecule has 0 amide bonds. The molecule has 0 aliphatic heterocycles. The van der Waals surface area contributed by atoms with Gasteiger partial charge in [-0.15, -0.1) is 11.5 Å². The average Bonchev–Trinajstić information content (AvgIpc) is 2.06. The second-order valence-electron chi connectivity index (χ2n) is 5.37. The van der Waals surface area contributed by atoms with Gasteiger partial charge in [0.15, 0.2) is 0 Å². The van der Waals surface area contributed by atoms with Gasteiger partial charge in [-0.2, -0.15) is 0 Å². The molecule has 1 rings (SSSR count). The normalized spacial score (nSPS) is 28.0. The van der Waals surface area contributed by atoms with Crippen LogP contribution in [0.4, 0.5) is 0 Å². The molecular weight excluding hydrogens is 188 g/mol. The average molecular weight is 210 g/mol. The van der Waals surface area contributed by atoms with E-state index in [1.54, 1.807) is 0 Å². The number of hydrogen-bond donors (Lipinski definition) is 1. The lowest BCUT2D eigenvalue weighted by Gasteiger charge is -2.25. The van der Waals surface area contributed by atoms with Crippen molar-refractivity contribution in [2.75, 3.05) is 0 Å². The van der Waals surface area contributed by atoms with Crippen LogP contribution in [0, 0.1) is 17.4 Å². The molecule has 0 saturated heterocycles. The molecule has 0 unspecified atom stereocenters. The van der Waals surface area contributed by atoms with Crippen LogP contribution in [0.25, 0.3) is 0 Å². The van der Waals surface area contributed by atoms with E-state index in [-0.39, 0.29) is 6.10 Å². The zero-order chi connectivity index (χ0) is 10.6. The Morgan fingerprint density at radius 1 is 1.21 bits per heavy atom. The van der Waals surface area contributed by atoms with Crippen molar-refractivity contribution in [2.45, 2.75) is 57.8 Å². The highest BCUT2D eigenvalue weighted by molar-refractivity contribution is 6.83. The molecule has 0 spiro atoms. The Balaban J connectivity index is 2.39. The topological polar surface area (TPSA) is 20.2 Å². The molecule has 1 nitrogen and oxygen atoms in total. The maximum absolute atomic E-state index is 9.74. The molecule has 0 aromatic carbocycles. The highest BCUT2D eigenvalue weighted by atomic mass is 28.3. The zero-order valence-electron chi connectivity index (χ0n) is 9.64. The zero-order valence-corrected chi connectivity index (χ0v) is 10.6. The van der Waals surface area contributed by atoms with Crippen molar-refractivity contribution in [1.82, 2.24) is 0 Å². The van der Waals surface area contributed by atoms with E-state index in [2.05, 4.69) is 31.1 Å². The van der Waals surface area contributed by atoms with Crippen molar-refractivity contribution in [1.29, 1.82) is 0 Å². The Kier molecular flexibility index (Phi) is 4.22. The number of hydrogen-bond acceptors (Lipinski definition) is 1. The second-order valence-corrected chi connectivity index (χ2v) is 10.1. The van der Waals surface area contributed by atoms with Gasteiger partial charge in [-0.25, -0.2) is 0 Å². The Hall–Kier alpha value is -0.263. The smallest absolute Gasteiger partial charge is 0.129 e. The van der Waals surface area contributed by atoms with Crippen molar-refractivity contribution >= 4 is 8.07 Å². The molecule has 2 atom stereocenters. The van der Waals surface area contributed by atoms with Crippen molar-refractivity contribution in [3.63, 3.8) is 0 Å². The van der Waals surface area contributed by atoms with Gasteiger partial charge < -0.3 is 5.11 Å². The summed E-state index contributed by atoms with van der Waals surface area (Å²) in [4.78, 5) is 0. The van der Waals surface area contributed by atoms with Gasteiger partial charge in [-0.05, 0) is 18.8 Å². The van der Waals surface area contributed by atoms with Gasteiger partial charge in [0.05, 0.1) is 6.10 Å². The molecule has 0 aromatic heterocycles. The van der Waals surface area contributed by atoms with Gasteiger partial charge in [0, 0.05) is 6.42 Å². The molecule has 1 saturated carbocycles. The lowest BCUT2D eigenvalue weighted by Crippen LogP contribution is -2.24. The first kappa shape index (κ1) is 11.8. The maximum atomic E-state index is 9.74. The Morgan fingerprint density at radius 3 is 2.43 bits per heavy atom. The molecule has 14 heavy (non-hydrogen) atoms. The highest BCUT2D eigenvalue weighted by Gasteiger charge is 2.21. The summed E-state index contributed by atoms with van der Waals surface area (Å²) in [5, 5.41) is 9.74. The molecule has 1 aliphatic rings.